The van der Waals surface area contributed by atoms with Crippen LogP contribution in [0, 0.1) is 5.82 Å². The van der Waals surface area contributed by atoms with Crippen molar-refractivity contribution < 1.29 is 18.7 Å². The number of carbonyl (C=O) groups excluding carboxylic acids is 2. The van der Waals surface area contributed by atoms with Crippen LogP contribution >= 0.6 is 0 Å². The Hall–Kier alpha value is -4.51. The maximum atomic E-state index is 14.3. The van der Waals surface area contributed by atoms with Gasteiger partial charge in [-0.1, -0.05) is 12.1 Å². The van der Waals surface area contributed by atoms with Crippen molar-refractivity contribution in [3.05, 3.63) is 54.6 Å². The summed E-state index contributed by atoms with van der Waals surface area (Å²) in [6.07, 6.45) is 3.21. The van der Waals surface area contributed by atoms with E-state index in [2.05, 4.69) is 25.6 Å². The number of aromatic amines is 1. The number of ether oxygens (including phenoxy) is 1. The molecule has 198 valence electrons. The van der Waals surface area contributed by atoms with Gasteiger partial charge < -0.3 is 30.2 Å². The SMILES string of the molecule is COc1cnc(Nc2ccc(N(CCN(C)C)C(C)=O)c(NC(C)=O)c2)nc1-c1c[nH]c2c(F)cccc12. The molecule has 0 aliphatic rings. The number of benzene rings is 2. The number of H-pyrrole nitrogens is 1. The number of nitrogens with zero attached hydrogens (tertiary/aromatic N) is 4. The molecule has 10 nitrogen and oxygen atoms in total. The van der Waals surface area contributed by atoms with Gasteiger partial charge in [0.05, 0.1) is 30.2 Å². The third-order valence-corrected chi connectivity index (χ3v) is 5.90. The molecule has 2 aromatic heterocycles. The quantitative estimate of drug-likeness (QED) is 0.300. The van der Waals surface area contributed by atoms with Crippen molar-refractivity contribution in [1.29, 1.82) is 0 Å². The molecule has 0 bridgehead atoms. The lowest BCUT2D eigenvalue weighted by Gasteiger charge is -2.26. The second kappa shape index (κ2) is 11.3. The number of fused-ring (bicyclic) bond motifs is 1. The van der Waals surface area contributed by atoms with Crippen LogP contribution in [0.15, 0.2) is 48.8 Å². The number of rotatable bonds is 9. The van der Waals surface area contributed by atoms with E-state index in [9.17, 15) is 14.0 Å². The Morgan fingerprint density at radius 2 is 1.92 bits per heavy atom. The number of amides is 2. The van der Waals surface area contributed by atoms with Crippen LogP contribution in [0.2, 0.25) is 0 Å². The monoisotopic (exact) mass is 519 g/mol. The maximum Gasteiger partial charge on any atom is 0.227 e. The molecule has 0 saturated heterocycles. The van der Waals surface area contributed by atoms with Gasteiger partial charge in [0.25, 0.3) is 0 Å². The van der Waals surface area contributed by atoms with Crippen molar-refractivity contribution in [2.45, 2.75) is 13.8 Å². The zero-order valence-electron chi connectivity index (χ0n) is 21.9. The summed E-state index contributed by atoms with van der Waals surface area (Å²) in [5.41, 5.74) is 3.16. The highest BCUT2D eigenvalue weighted by molar-refractivity contribution is 6.00. The molecule has 3 N–H and O–H groups in total. The summed E-state index contributed by atoms with van der Waals surface area (Å²) in [6.45, 7) is 4.00. The predicted octanol–water partition coefficient (Wildman–Crippen LogP) is 4.39. The third kappa shape index (κ3) is 5.73. The molecule has 0 saturated carbocycles. The normalized spacial score (nSPS) is 11.0. The minimum atomic E-state index is -0.365. The van der Waals surface area contributed by atoms with Crippen LogP contribution in [0.1, 0.15) is 13.8 Å². The first-order valence-corrected chi connectivity index (χ1v) is 12.0. The highest BCUT2D eigenvalue weighted by Crippen LogP contribution is 2.35. The van der Waals surface area contributed by atoms with Crippen molar-refractivity contribution in [3.63, 3.8) is 0 Å². The Labute approximate surface area is 219 Å². The highest BCUT2D eigenvalue weighted by atomic mass is 19.1. The smallest absolute Gasteiger partial charge is 0.227 e. The Bertz CT molecular complexity index is 1490. The number of hydrogen-bond acceptors (Lipinski definition) is 7. The molecule has 2 aromatic carbocycles. The van der Waals surface area contributed by atoms with Gasteiger partial charge in [-0.2, -0.15) is 0 Å². The molecule has 0 aliphatic heterocycles. The molecule has 0 radical (unpaired) electrons. The average molecular weight is 520 g/mol. The van der Waals surface area contributed by atoms with Crippen LogP contribution in [0.5, 0.6) is 5.75 Å². The van der Waals surface area contributed by atoms with Gasteiger partial charge in [0.2, 0.25) is 17.8 Å². The fourth-order valence-corrected chi connectivity index (χ4v) is 4.10. The first-order chi connectivity index (χ1) is 18.2. The van der Waals surface area contributed by atoms with Crippen molar-refractivity contribution in [3.8, 4) is 17.0 Å². The Morgan fingerprint density at radius 3 is 2.61 bits per heavy atom. The molecule has 11 heteroatoms. The maximum absolute atomic E-state index is 14.3. The highest BCUT2D eigenvalue weighted by Gasteiger charge is 2.19. The van der Waals surface area contributed by atoms with Crippen LogP contribution in [0.3, 0.4) is 0 Å². The number of para-hydroxylation sites is 1. The molecule has 38 heavy (non-hydrogen) atoms. The fraction of sp³-hybridized carbons (Fsp3) is 0.259. The number of carbonyl (C=O) groups is 2. The van der Waals surface area contributed by atoms with E-state index >= 15 is 0 Å². The topological polar surface area (TPSA) is 115 Å². The van der Waals surface area contributed by atoms with E-state index in [1.807, 2.05) is 19.0 Å². The zero-order chi connectivity index (χ0) is 27.4. The Morgan fingerprint density at radius 1 is 1.13 bits per heavy atom. The number of halogens is 1. The number of methoxy groups -OCH3 is 1. The van der Waals surface area contributed by atoms with Gasteiger partial charge in [-0.15, -0.1) is 0 Å². The molecule has 0 fully saturated rings. The lowest BCUT2D eigenvalue weighted by molar-refractivity contribution is -0.117. The van der Waals surface area contributed by atoms with Crippen LogP contribution in [-0.2, 0) is 9.59 Å². The van der Waals surface area contributed by atoms with Gasteiger partial charge >= 0.3 is 0 Å². The molecule has 2 heterocycles. The summed E-state index contributed by atoms with van der Waals surface area (Å²) in [7, 11) is 5.37. The van der Waals surface area contributed by atoms with Gasteiger partial charge in [0, 0.05) is 49.8 Å². The van der Waals surface area contributed by atoms with Crippen LogP contribution in [0.4, 0.5) is 27.4 Å². The summed E-state index contributed by atoms with van der Waals surface area (Å²) in [5.74, 6) is -0.0838. The zero-order valence-corrected chi connectivity index (χ0v) is 21.9. The molecule has 2 amide bonds. The van der Waals surface area contributed by atoms with Crippen molar-refractivity contribution >= 4 is 45.7 Å². The summed E-state index contributed by atoms with van der Waals surface area (Å²) >= 11 is 0. The lowest BCUT2D eigenvalue weighted by atomic mass is 10.1. The number of nitrogens with one attached hydrogen (secondary N) is 3. The van der Waals surface area contributed by atoms with E-state index in [1.165, 1.54) is 33.2 Å². The second-order valence-electron chi connectivity index (χ2n) is 8.99. The summed E-state index contributed by atoms with van der Waals surface area (Å²) < 4.78 is 19.7. The fourth-order valence-electron chi connectivity index (χ4n) is 4.10. The molecule has 4 aromatic rings. The van der Waals surface area contributed by atoms with E-state index in [-0.39, 0.29) is 23.6 Å². The van der Waals surface area contributed by atoms with E-state index in [1.54, 1.807) is 41.4 Å². The Kier molecular flexibility index (Phi) is 7.87. The number of anilines is 4. The molecule has 0 unspecified atom stereocenters. The lowest BCUT2D eigenvalue weighted by Crippen LogP contribution is -2.35. The largest absolute Gasteiger partial charge is 0.493 e. The van der Waals surface area contributed by atoms with Crippen LogP contribution in [0.25, 0.3) is 22.2 Å². The van der Waals surface area contributed by atoms with Gasteiger partial charge in [-0.3, -0.25) is 9.59 Å². The molecular weight excluding hydrogens is 489 g/mol. The number of likely N-dealkylation sites (N-methyl/N-ethyl adjacent to an activating group) is 1. The third-order valence-electron chi connectivity index (χ3n) is 5.90. The number of hydrogen-bond donors (Lipinski definition) is 3. The molecular formula is C27H30FN7O3. The van der Waals surface area contributed by atoms with Crippen molar-refractivity contribution in [1.82, 2.24) is 19.9 Å². The molecule has 4 rings (SSSR count). The van der Waals surface area contributed by atoms with E-state index in [0.29, 0.717) is 58.1 Å². The van der Waals surface area contributed by atoms with Gasteiger partial charge in [0.1, 0.15) is 11.5 Å². The predicted molar refractivity (Wildman–Crippen MR) is 146 cm³/mol. The Balaban J connectivity index is 1.70. The minimum Gasteiger partial charge on any atom is -0.493 e. The van der Waals surface area contributed by atoms with E-state index < -0.39 is 0 Å². The van der Waals surface area contributed by atoms with E-state index in [4.69, 9.17) is 4.74 Å². The van der Waals surface area contributed by atoms with Gasteiger partial charge in [0.15, 0.2) is 5.75 Å². The van der Waals surface area contributed by atoms with E-state index in [0.717, 1.165) is 0 Å². The summed E-state index contributed by atoms with van der Waals surface area (Å²) in [5, 5.41) is 6.62. The first kappa shape index (κ1) is 26.6. The molecule has 0 aliphatic carbocycles. The summed E-state index contributed by atoms with van der Waals surface area (Å²) in [6, 6.07) is 10.1. The molecule has 0 spiro atoms. The second-order valence-corrected chi connectivity index (χ2v) is 8.99. The molecule has 0 atom stereocenters. The minimum absolute atomic E-state index is 0.141. The van der Waals surface area contributed by atoms with Gasteiger partial charge in [-0.05, 0) is 38.4 Å². The van der Waals surface area contributed by atoms with Crippen molar-refractivity contribution in [2.75, 3.05) is 49.8 Å². The van der Waals surface area contributed by atoms with Gasteiger partial charge in [-0.25, -0.2) is 14.4 Å². The standard InChI is InChI=1S/C27H30FN7O3/c1-16(36)31-22-13-18(9-10-23(22)35(17(2)37)12-11-34(3)4)32-27-30-15-24(38-5)26(33-27)20-14-29-25-19(20)7-6-8-21(25)28/h6-10,13-15,29H,11-12H2,1-5H3,(H,31,36)(H,30,32,33). The first-order valence-electron chi connectivity index (χ1n) is 12.0. The number of aromatic nitrogens is 3. The van der Waals surface area contributed by atoms with Crippen molar-refractivity contribution in [2.24, 2.45) is 0 Å². The average Bonchev–Trinajstić information content (AvgIpc) is 3.30. The van der Waals surface area contributed by atoms with Crippen LogP contribution < -0.4 is 20.3 Å². The van der Waals surface area contributed by atoms with Crippen LogP contribution in [-0.4, -0.2) is 66.0 Å². The summed E-state index contributed by atoms with van der Waals surface area (Å²) in [4.78, 5) is 39.9.